The predicted molar refractivity (Wildman–Crippen MR) is 73.6 cm³/mol. The lowest BCUT2D eigenvalue weighted by molar-refractivity contribution is 0.321. The second kappa shape index (κ2) is 6.71. The van der Waals surface area contributed by atoms with Gasteiger partial charge in [0.2, 0.25) is 5.75 Å². The normalized spacial score (nSPS) is 18.1. The van der Waals surface area contributed by atoms with Gasteiger partial charge in [-0.2, -0.15) is 0 Å². The third-order valence-corrected chi connectivity index (χ3v) is 3.23. The predicted octanol–water partition coefficient (Wildman–Crippen LogP) is 2.21. The summed E-state index contributed by atoms with van der Waals surface area (Å²) in [5.41, 5.74) is 1.19. The fourth-order valence-corrected chi connectivity index (χ4v) is 2.37. The molecule has 0 amide bonds. The van der Waals surface area contributed by atoms with E-state index in [9.17, 15) is 0 Å². The largest absolute Gasteiger partial charge is 0.493 e. The van der Waals surface area contributed by atoms with Crippen LogP contribution in [0.25, 0.3) is 0 Å². The van der Waals surface area contributed by atoms with Crippen molar-refractivity contribution in [1.29, 1.82) is 0 Å². The average Bonchev–Trinajstić information content (AvgIpc) is 2.90. The van der Waals surface area contributed by atoms with Gasteiger partial charge >= 0.3 is 0 Å². The molecule has 1 aromatic carbocycles. The molecule has 1 N–H and O–H groups in total. The highest BCUT2D eigenvalue weighted by Gasteiger charge is 2.24. The molecular weight excluding hydrogens is 254 g/mol. The monoisotopic (exact) mass is 273 g/mol. The van der Waals surface area contributed by atoms with Crippen molar-refractivity contribution < 1.29 is 14.2 Å². The Morgan fingerprint density at radius 3 is 2.28 bits per heavy atom. The smallest absolute Gasteiger partial charge is 0.203 e. The summed E-state index contributed by atoms with van der Waals surface area (Å²) in [5, 5.41) is 3.36. The minimum absolute atomic E-state index is 0. The van der Waals surface area contributed by atoms with Crippen LogP contribution in [0.2, 0.25) is 0 Å². The summed E-state index contributed by atoms with van der Waals surface area (Å²) in [5.74, 6) is 2.67. The lowest BCUT2D eigenvalue weighted by Gasteiger charge is -2.18. The average molecular weight is 274 g/mol. The first kappa shape index (κ1) is 14.9. The maximum atomic E-state index is 5.49. The lowest BCUT2D eigenvalue weighted by Crippen LogP contribution is -2.09. The van der Waals surface area contributed by atoms with Crippen LogP contribution in [-0.4, -0.2) is 34.4 Å². The van der Waals surface area contributed by atoms with E-state index in [1.165, 1.54) is 5.56 Å². The zero-order valence-corrected chi connectivity index (χ0v) is 11.8. The van der Waals surface area contributed by atoms with Gasteiger partial charge in [0.15, 0.2) is 11.5 Å². The summed E-state index contributed by atoms with van der Waals surface area (Å²) in [6, 6.07) is 4.01. The van der Waals surface area contributed by atoms with Crippen molar-refractivity contribution in [2.24, 2.45) is 0 Å². The van der Waals surface area contributed by atoms with Gasteiger partial charge in [0, 0.05) is 18.0 Å². The Labute approximate surface area is 114 Å². The van der Waals surface area contributed by atoms with E-state index in [1.54, 1.807) is 21.3 Å². The number of benzene rings is 1. The highest BCUT2D eigenvalue weighted by molar-refractivity contribution is 5.85. The van der Waals surface area contributed by atoms with E-state index in [-0.39, 0.29) is 12.4 Å². The van der Waals surface area contributed by atoms with Crippen LogP contribution in [0.4, 0.5) is 0 Å². The summed E-state index contributed by atoms with van der Waals surface area (Å²) in [4.78, 5) is 0. The summed E-state index contributed by atoms with van der Waals surface area (Å²) in [6.45, 7) is 2.05. The third kappa shape index (κ3) is 2.65. The van der Waals surface area contributed by atoms with E-state index in [2.05, 4.69) is 11.4 Å². The molecule has 1 aliphatic heterocycles. The number of hydrogen-bond donors (Lipinski definition) is 1. The fraction of sp³-hybridized carbons (Fsp3) is 0.538. The summed E-state index contributed by atoms with van der Waals surface area (Å²) in [6.07, 6.45) is 1.13. The van der Waals surface area contributed by atoms with Crippen molar-refractivity contribution in [3.63, 3.8) is 0 Å². The topological polar surface area (TPSA) is 39.7 Å². The van der Waals surface area contributed by atoms with E-state index in [4.69, 9.17) is 14.2 Å². The number of halogens is 1. The van der Waals surface area contributed by atoms with Crippen LogP contribution < -0.4 is 19.5 Å². The SMILES string of the molecule is COc1ccc(C2CCNC2)c(OC)c1OC.Cl. The number of ether oxygens (including phenoxy) is 3. The summed E-state index contributed by atoms with van der Waals surface area (Å²) >= 11 is 0. The molecule has 1 fully saturated rings. The Bertz CT molecular complexity index is 392. The molecule has 1 saturated heterocycles. The van der Waals surface area contributed by atoms with Gasteiger partial charge in [0.25, 0.3) is 0 Å². The Morgan fingerprint density at radius 2 is 1.78 bits per heavy atom. The van der Waals surface area contributed by atoms with E-state index in [0.29, 0.717) is 17.4 Å². The maximum absolute atomic E-state index is 5.49. The van der Waals surface area contributed by atoms with Crippen molar-refractivity contribution in [2.75, 3.05) is 34.4 Å². The van der Waals surface area contributed by atoms with Crippen molar-refractivity contribution in [2.45, 2.75) is 12.3 Å². The molecule has 1 heterocycles. The molecule has 102 valence electrons. The van der Waals surface area contributed by atoms with Crippen molar-refractivity contribution >= 4 is 12.4 Å². The van der Waals surface area contributed by atoms with Gasteiger partial charge < -0.3 is 19.5 Å². The summed E-state index contributed by atoms with van der Waals surface area (Å²) in [7, 11) is 4.94. The zero-order chi connectivity index (χ0) is 12.3. The van der Waals surface area contributed by atoms with Crippen LogP contribution >= 0.6 is 12.4 Å². The van der Waals surface area contributed by atoms with Gasteiger partial charge in [0.1, 0.15) is 0 Å². The quantitative estimate of drug-likeness (QED) is 0.913. The minimum Gasteiger partial charge on any atom is -0.493 e. The molecule has 0 radical (unpaired) electrons. The molecule has 0 saturated carbocycles. The van der Waals surface area contributed by atoms with Gasteiger partial charge in [-0.3, -0.25) is 0 Å². The van der Waals surface area contributed by atoms with Crippen molar-refractivity contribution in [1.82, 2.24) is 5.32 Å². The van der Waals surface area contributed by atoms with Gasteiger partial charge in [0.05, 0.1) is 21.3 Å². The minimum atomic E-state index is 0. The van der Waals surface area contributed by atoms with Crippen LogP contribution in [0.1, 0.15) is 17.9 Å². The molecule has 2 rings (SSSR count). The van der Waals surface area contributed by atoms with Gasteiger partial charge in [-0.25, -0.2) is 0 Å². The Kier molecular flexibility index (Phi) is 5.56. The number of hydrogen-bond acceptors (Lipinski definition) is 4. The number of nitrogens with one attached hydrogen (secondary N) is 1. The second-order valence-electron chi connectivity index (χ2n) is 4.11. The van der Waals surface area contributed by atoms with Crippen LogP contribution in [0.15, 0.2) is 12.1 Å². The van der Waals surface area contributed by atoms with Crippen molar-refractivity contribution in [3.05, 3.63) is 17.7 Å². The Balaban J connectivity index is 0.00000162. The first-order valence-electron chi connectivity index (χ1n) is 5.81. The number of rotatable bonds is 4. The van der Waals surface area contributed by atoms with Gasteiger partial charge in [-0.05, 0) is 19.0 Å². The molecule has 18 heavy (non-hydrogen) atoms. The zero-order valence-electron chi connectivity index (χ0n) is 11.0. The Hall–Kier alpha value is -1.13. The molecule has 1 atom stereocenters. The van der Waals surface area contributed by atoms with E-state index in [0.717, 1.165) is 25.3 Å². The molecule has 4 nitrogen and oxygen atoms in total. The first-order chi connectivity index (χ1) is 8.31. The van der Waals surface area contributed by atoms with Crippen LogP contribution in [0, 0.1) is 0 Å². The van der Waals surface area contributed by atoms with E-state index < -0.39 is 0 Å². The van der Waals surface area contributed by atoms with E-state index >= 15 is 0 Å². The summed E-state index contributed by atoms with van der Waals surface area (Å²) < 4.78 is 16.2. The highest BCUT2D eigenvalue weighted by atomic mass is 35.5. The van der Waals surface area contributed by atoms with Crippen LogP contribution in [0.5, 0.6) is 17.2 Å². The molecule has 0 bridgehead atoms. The highest BCUT2D eigenvalue weighted by Crippen LogP contribution is 2.43. The third-order valence-electron chi connectivity index (χ3n) is 3.23. The van der Waals surface area contributed by atoms with Gasteiger partial charge in [-0.15, -0.1) is 12.4 Å². The second-order valence-corrected chi connectivity index (χ2v) is 4.11. The molecule has 0 aromatic heterocycles. The molecule has 5 heteroatoms. The molecule has 0 aliphatic carbocycles. The molecular formula is C13H20ClNO3. The molecule has 1 unspecified atom stereocenters. The van der Waals surface area contributed by atoms with Crippen LogP contribution in [-0.2, 0) is 0 Å². The first-order valence-corrected chi connectivity index (χ1v) is 5.81. The maximum Gasteiger partial charge on any atom is 0.203 e. The van der Waals surface area contributed by atoms with E-state index in [1.807, 2.05) is 6.07 Å². The molecule has 1 aliphatic rings. The van der Waals surface area contributed by atoms with Crippen LogP contribution in [0.3, 0.4) is 0 Å². The van der Waals surface area contributed by atoms with Crippen molar-refractivity contribution in [3.8, 4) is 17.2 Å². The van der Waals surface area contributed by atoms with Gasteiger partial charge in [-0.1, -0.05) is 6.07 Å². The lowest BCUT2D eigenvalue weighted by atomic mass is 9.96. The number of methoxy groups -OCH3 is 3. The molecule has 1 aromatic rings. The Morgan fingerprint density at radius 1 is 1.06 bits per heavy atom. The fourth-order valence-electron chi connectivity index (χ4n) is 2.37. The molecule has 0 spiro atoms. The standard InChI is InChI=1S/C13H19NO3.ClH/c1-15-11-5-4-10(9-6-7-14-8-9)12(16-2)13(11)17-3;/h4-5,9,14H,6-8H2,1-3H3;1H.